The third-order valence-corrected chi connectivity index (χ3v) is 2.82. The van der Waals surface area contributed by atoms with E-state index in [-0.39, 0.29) is 22.2 Å². The molecular weight excluding hydrogens is 309 g/mol. The van der Waals surface area contributed by atoms with Crippen molar-refractivity contribution in [1.29, 1.82) is 0 Å². The normalized spacial score (nSPS) is 11.6. The predicted molar refractivity (Wildman–Crippen MR) is 73.4 cm³/mol. The fourth-order valence-electron chi connectivity index (χ4n) is 1.33. The van der Waals surface area contributed by atoms with Crippen LogP contribution in [0.25, 0.3) is 5.76 Å². The SMILES string of the molecule is CCOC(=O)C(=O)/C(N=O)=C(\O)c1c(Cl)cccc1Cl. The summed E-state index contributed by atoms with van der Waals surface area (Å²) in [5, 5.41) is 12.3. The summed E-state index contributed by atoms with van der Waals surface area (Å²) in [7, 11) is 0. The monoisotopic (exact) mass is 317 g/mol. The van der Waals surface area contributed by atoms with Crippen molar-refractivity contribution < 1.29 is 19.4 Å². The van der Waals surface area contributed by atoms with Gasteiger partial charge in [0.15, 0.2) is 5.76 Å². The first-order chi connectivity index (χ1) is 9.43. The van der Waals surface area contributed by atoms with Crippen LogP contribution in [0.3, 0.4) is 0 Å². The molecule has 0 unspecified atom stereocenters. The summed E-state index contributed by atoms with van der Waals surface area (Å²) in [5.74, 6) is -3.57. The fourth-order valence-corrected chi connectivity index (χ4v) is 1.90. The van der Waals surface area contributed by atoms with Crippen LogP contribution in [0.5, 0.6) is 0 Å². The number of rotatable bonds is 5. The molecule has 0 aliphatic rings. The molecule has 1 N–H and O–H groups in total. The highest BCUT2D eigenvalue weighted by Gasteiger charge is 2.27. The summed E-state index contributed by atoms with van der Waals surface area (Å²) in [6.45, 7) is 1.41. The Morgan fingerprint density at radius 3 is 2.30 bits per heavy atom. The fraction of sp³-hybridized carbons (Fsp3) is 0.167. The number of carbonyl (C=O) groups excluding carboxylic acids is 2. The van der Waals surface area contributed by atoms with E-state index in [9.17, 15) is 19.6 Å². The summed E-state index contributed by atoms with van der Waals surface area (Å²) >= 11 is 11.6. The first-order valence-electron chi connectivity index (χ1n) is 5.36. The minimum absolute atomic E-state index is 0.00666. The molecule has 0 aromatic heterocycles. The Labute approximate surface area is 123 Å². The summed E-state index contributed by atoms with van der Waals surface area (Å²) in [4.78, 5) is 33.6. The van der Waals surface area contributed by atoms with Crippen molar-refractivity contribution in [2.24, 2.45) is 5.18 Å². The molecule has 106 valence electrons. The third-order valence-electron chi connectivity index (χ3n) is 2.19. The number of esters is 1. The van der Waals surface area contributed by atoms with Gasteiger partial charge in [-0.15, -0.1) is 4.91 Å². The van der Waals surface area contributed by atoms with Crippen LogP contribution in [0.4, 0.5) is 0 Å². The zero-order valence-corrected chi connectivity index (χ0v) is 11.7. The third kappa shape index (κ3) is 3.34. The van der Waals surface area contributed by atoms with Crippen LogP contribution < -0.4 is 0 Å². The maximum Gasteiger partial charge on any atom is 0.381 e. The van der Waals surface area contributed by atoms with Gasteiger partial charge < -0.3 is 9.84 Å². The van der Waals surface area contributed by atoms with Gasteiger partial charge in [0.2, 0.25) is 5.70 Å². The van der Waals surface area contributed by atoms with Gasteiger partial charge in [-0.3, -0.25) is 4.79 Å². The summed E-state index contributed by atoms with van der Waals surface area (Å²) in [6, 6.07) is 4.27. The lowest BCUT2D eigenvalue weighted by Crippen LogP contribution is -2.19. The maximum absolute atomic E-state index is 11.6. The van der Waals surface area contributed by atoms with E-state index >= 15 is 0 Å². The number of benzene rings is 1. The molecule has 1 aromatic rings. The lowest BCUT2D eigenvalue weighted by molar-refractivity contribution is -0.151. The molecular formula is C12H9Cl2NO5. The molecule has 1 rings (SSSR count). The predicted octanol–water partition coefficient (Wildman–Crippen LogP) is 3.12. The van der Waals surface area contributed by atoms with E-state index in [0.717, 1.165) is 0 Å². The van der Waals surface area contributed by atoms with Crippen molar-refractivity contribution in [3.8, 4) is 0 Å². The lowest BCUT2D eigenvalue weighted by atomic mass is 10.1. The van der Waals surface area contributed by atoms with Gasteiger partial charge in [-0.05, 0) is 24.2 Å². The van der Waals surface area contributed by atoms with E-state index in [1.807, 2.05) is 0 Å². The van der Waals surface area contributed by atoms with Crippen LogP contribution >= 0.6 is 23.2 Å². The van der Waals surface area contributed by atoms with Crippen LogP contribution in [0, 0.1) is 4.91 Å². The number of aliphatic hydroxyl groups excluding tert-OH is 1. The van der Waals surface area contributed by atoms with E-state index in [1.165, 1.54) is 25.1 Å². The molecule has 0 radical (unpaired) electrons. The van der Waals surface area contributed by atoms with Gasteiger partial charge in [0.05, 0.1) is 22.2 Å². The Morgan fingerprint density at radius 1 is 1.30 bits per heavy atom. The standard InChI is InChI=1S/C12H9Cl2NO5/c1-2-20-12(18)11(17)9(15-19)10(16)8-6(13)4-3-5-7(8)14/h3-5,16H,2H2,1H3/b10-9+. The lowest BCUT2D eigenvalue weighted by Gasteiger charge is -2.07. The van der Waals surface area contributed by atoms with E-state index in [1.54, 1.807) is 0 Å². The molecule has 0 fully saturated rings. The molecule has 0 aliphatic heterocycles. The molecule has 0 saturated heterocycles. The van der Waals surface area contributed by atoms with Gasteiger partial charge in [0.1, 0.15) is 0 Å². The zero-order chi connectivity index (χ0) is 15.3. The van der Waals surface area contributed by atoms with Crippen molar-refractivity contribution in [2.75, 3.05) is 6.61 Å². The molecule has 0 heterocycles. The van der Waals surface area contributed by atoms with Crippen LogP contribution in [0.15, 0.2) is 29.1 Å². The average molecular weight is 318 g/mol. The Bertz CT molecular complexity index is 577. The first kappa shape index (κ1) is 16.1. The second kappa shape index (κ2) is 7.02. The van der Waals surface area contributed by atoms with Crippen LogP contribution in [-0.4, -0.2) is 23.5 Å². The van der Waals surface area contributed by atoms with Gasteiger partial charge >= 0.3 is 5.97 Å². The second-order valence-electron chi connectivity index (χ2n) is 3.43. The Balaban J connectivity index is 3.36. The van der Waals surface area contributed by atoms with E-state index in [0.29, 0.717) is 0 Å². The number of carbonyl (C=O) groups is 2. The molecule has 0 saturated carbocycles. The molecule has 0 amide bonds. The number of halogens is 2. The summed E-state index contributed by atoms with van der Waals surface area (Å²) < 4.78 is 4.43. The maximum atomic E-state index is 11.6. The zero-order valence-electron chi connectivity index (χ0n) is 10.2. The number of aliphatic hydroxyl groups is 1. The van der Waals surface area contributed by atoms with Crippen molar-refractivity contribution in [3.63, 3.8) is 0 Å². The highest BCUT2D eigenvalue weighted by atomic mass is 35.5. The van der Waals surface area contributed by atoms with Gasteiger partial charge in [0.25, 0.3) is 5.78 Å². The van der Waals surface area contributed by atoms with Crippen molar-refractivity contribution in [3.05, 3.63) is 44.4 Å². The molecule has 0 aliphatic carbocycles. The average Bonchev–Trinajstić information content (AvgIpc) is 2.39. The number of Topliss-reactive ketones (excluding diaryl/α,β-unsaturated/α-hetero) is 1. The quantitative estimate of drug-likeness (QED) is 0.296. The molecule has 6 nitrogen and oxygen atoms in total. The molecule has 0 atom stereocenters. The second-order valence-corrected chi connectivity index (χ2v) is 4.25. The minimum atomic E-state index is -1.38. The minimum Gasteiger partial charge on any atom is -0.505 e. The Hall–Kier alpha value is -1.92. The van der Waals surface area contributed by atoms with Crippen LogP contribution in [0.1, 0.15) is 12.5 Å². The van der Waals surface area contributed by atoms with Crippen LogP contribution in [-0.2, 0) is 14.3 Å². The molecule has 0 spiro atoms. The highest BCUT2D eigenvalue weighted by Crippen LogP contribution is 2.31. The van der Waals surface area contributed by atoms with Gasteiger partial charge in [-0.25, -0.2) is 4.79 Å². The van der Waals surface area contributed by atoms with Gasteiger partial charge in [-0.2, -0.15) is 0 Å². The van der Waals surface area contributed by atoms with Crippen molar-refractivity contribution in [1.82, 2.24) is 0 Å². The van der Waals surface area contributed by atoms with Crippen molar-refractivity contribution >= 4 is 40.7 Å². The Kier molecular flexibility index (Phi) is 5.66. The Morgan fingerprint density at radius 2 is 1.85 bits per heavy atom. The number of hydrogen-bond acceptors (Lipinski definition) is 6. The molecule has 0 bridgehead atoms. The highest BCUT2D eigenvalue weighted by molar-refractivity contribution is 6.42. The number of ether oxygens (including phenoxy) is 1. The van der Waals surface area contributed by atoms with Gasteiger partial charge in [-0.1, -0.05) is 29.3 Å². The van der Waals surface area contributed by atoms with Gasteiger partial charge in [0, 0.05) is 0 Å². The summed E-state index contributed by atoms with van der Waals surface area (Å²) in [6.07, 6.45) is 0. The largest absolute Gasteiger partial charge is 0.505 e. The number of nitrogens with zero attached hydrogens (tertiary/aromatic N) is 1. The molecule has 20 heavy (non-hydrogen) atoms. The van der Waals surface area contributed by atoms with E-state index in [4.69, 9.17) is 23.2 Å². The smallest absolute Gasteiger partial charge is 0.381 e. The topological polar surface area (TPSA) is 93.0 Å². The summed E-state index contributed by atoms with van der Waals surface area (Å²) in [5.41, 5.74) is -1.18. The first-order valence-corrected chi connectivity index (χ1v) is 6.12. The van der Waals surface area contributed by atoms with E-state index < -0.39 is 23.2 Å². The van der Waals surface area contributed by atoms with Crippen molar-refractivity contribution in [2.45, 2.75) is 6.92 Å². The van der Waals surface area contributed by atoms with Crippen LogP contribution in [0.2, 0.25) is 10.0 Å². The molecule has 1 aromatic carbocycles. The molecule has 8 heteroatoms. The number of nitroso groups, excluding NO2 is 1. The number of ketones is 1. The number of hydrogen-bond donors (Lipinski definition) is 1. The van der Waals surface area contributed by atoms with E-state index in [2.05, 4.69) is 9.91 Å².